The van der Waals surface area contributed by atoms with Gasteiger partial charge in [0.2, 0.25) is 0 Å². The van der Waals surface area contributed by atoms with Gasteiger partial charge in [-0.3, -0.25) is 4.57 Å². The Hall–Kier alpha value is -2.56. The Morgan fingerprint density at radius 1 is 0.857 bits per heavy atom. The van der Waals surface area contributed by atoms with Crippen molar-refractivity contribution in [3.05, 3.63) is 94.5 Å². The van der Waals surface area contributed by atoms with Crippen LogP contribution in [0.3, 0.4) is 0 Å². The maximum atomic E-state index is 6.07. The summed E-state index contributed by atoms with van der Waals surface area (Å²) in [4.78, 5) is 0. The molecule has 0 atom stereocenters. The highest BCUT2D eigenvalue weighted by atomic mass is 35.5. The van der Waals surface area contributed by atoms with Crippen LogP contribution in [0.1, 0.15) is 16.7 Å². The average Bonchev–Trinajstić information content (AvgIpc) is 3.11. The number of halogens is 1. The summed E-state index contributed by atoms with van der Waals surface area (Å²) in [6.45, 7) is 4.21. The lowest BCUT2D eigenvalue weighted by Crippen LogP contribution is -2.00. The molecule has 5 heteroatoms. The molecule has 0 spiro atoms. The number of nitrogens with zero attached hydrogens (tertiary/aromatic N) is 3. The number of aryl methyl sites for hydroxylation is 2. The SMILES string of the molecule is Cc1cccc(CSc2nnc(-c3ccc(Cl)cc3)n2-c2cccc(C)c2)c1. The summed E-state index contributed by atoms with van der Waals surface area (Å²) < 4.78 is 2.12. The van der Waals surface area contributed by atoms with E-state index in [1.807, 2.05) is 24.3 Å². The summed E-state index contributed by atoms with van der Waals surface area (Å²) in [6, 6.07) is 24.7. The van der Waals surface area contributed by atoms with Crippen LogP contribution in [0, 0.1) is 13.8 Å². The average molecular weight is 406 g/mol. The Balaban J connectivity index is 1.74. The van der Waals surface area contributed by atoms with E-state index in [-0.39, 0.29) is 0 Å². The van der Waals surface area contributed by atoms with E-state index >= 15 is 0 Å². The van der Waals surface area contributed by atoms with Crippen LogP contribution < -0.4 is 0 Å². The van der Waals surface area contributed by atoms with Gasteiger partial charge in [0, 0.05) is 22.0 Å². The molecule has 0 amide bonds. The molecular weight excluding hydrogens is 386 g/mol. The summed E-state index contributed by atoms with van der Waals surface area (Å²) in [5.41, 5.74) is 5.78. The summed E-state index contributed by atoms with van der Waals surface area (Å²) in [5.74, 6) is 1.65. The Labute approximate surface area is 174 Å². The second-order valence-corrected chi connectivity index (χ2v) is 8.14. The normalized spacial score (nSPS) is 11.0. The van der Waals surface area contributed by atoms with Crippen LogP contribution in [0.4, 0.5) is 0 Å². The van der Waals surface area contributed by atoms with Gasteiger partial charge < -0.3 is 0 Å². The molecule has 0 fully saturated rings. The lowest BCUT2D eigenvalue weighted by molar-refractivity contribution is 0.885. The topological polar surface area (TPSA) is 30.7 Å². The Morgan fingerprint density at radius 3 is 2.29 bits per heavy atom. The van der Waals surface area contributed by atoms with E-state index in [1.54, 1.807) is 11.8 Å². The number of hydrogen-bond acceptors (Lipinski definition) is 3. The molecule has 3 nitrogen and oxygen atoms in total. The van der Waals surface area contributed by atoms with Crippen molar-refractivity contribution in [2.75, 3.05) is 0 Å². The zero-order valence-corrected chi connectivity index (χ0v) is 17.3. The van der Waals surface area contributed by atoms with Crippen LogP contribution in [0.25, 0.3) is 17.1 Å². The highest BCUT2D eigenvalue weighted by Crippen LogP contribution is 2.30. The summed E-state index contributed by atoms with van der Waals surface area (Å²) >= 11 is 7.76. The summed E-state index contributed by atoms with van der Waals surface area (Å²) in [5, 5.41) is 10.6. The number of hydrogen-bond donors (Lipinski definition) is 0. The molecule has 0 aliphatic heterocycles. The third-order valence-corrected chi connectivity index (χ3v) is 5.70. The van der Waals surface area contributed by atoms with E-state index in [0.29, 0.717) is 5.02 Å². The van der Waals surface area contributed by atoms with E-state index in [9.17, 15) is 0 Å². The van der Waals surface area contributed by atoms with Crippen molar-refractivity contribution in [1.29, 1.82) is 0 Å². The maximum absolute atomic E-state index is 6.07. The quantitative estimate of drug-likeness (QED) is 0.355. The lowest BCUT2D eigenvalue weighted by atomic mass is 10.2. The molecule has 4 aromatic rings. The van der Waals surface area contributed by atoms with Crippen LogP contribution >= 0.6 is 23.4 Å². The summed E-state index contributed by atoms with van der Waals surface area (Å²) in [6.07, 6.45) is 0. The zero-order valence-electron chi connectivity index (χ0n) is 15.8. The van der Waals surface area contributed by atoms with Crippen molar-refractivity contribution in [2.24, 2.45) is 0 Å². The molecular formula is C23H20ClN3S. The van der Waals surface area contributed by atoms with Crippen LogP contribution in [-0.4, -0.2) is 14.8 Å². The van der Waals surface area contributed by atoms with Crippen molar-refractivity contribution in [3.8, 4) is 17.1 Å². The van der Waals surface area contributed by atoms with Gasteiger partial charge in [0.25, 0.3) is 0 Å². The highest BCUT2D eigenvalue weighted by molar-refractivity contribution is 7.98. The highest BCUT2D eigenvalue weighted by Gasteiger charge is 2.16. The third kappa shape index (κ3) is 4.13. The Kier molecular flexibility index (Phi) is 5.51. The van der Waals surface area contributed by atoms with E-state index in [2.05, 4.69) is 77.1 Å². The largest absolute Gasteiger partial charge is 0.270 e. The fourth-order valence-electron chi connectivity index (χ4n) is 3.10. The van der Waals surface area contributed by atoms with Crippen molar-refractivity contribution < 1.29 is 0 Å². The predicted octanol–water partition coefficient (Wildman–Crippen LogP) is 6.50. The molecule has 0 radical (unpaired) electrons. The molecule has 0 unspecified atom stereocenters. The van der Waals surface area contributed by atoms with Crippen LogP contribution in [0.2, 0.25) is 5.02 Å². The first kappa shape index (κ1) is 18.8. The van der Waals surface area contributed by atoms with Crippen molar-refractivity contribution in [1.82, 2.24) is 14.8 Å². The number of rotatable bonds is 5. The first-order valence-electron chi connectivity index (χ1n) is 9.07. The van der Waals surface area contributed by atoms with Gasteiger partial charge in [-0.15, -0.1) is 10.2 Å². The molecule has 0 N–H and O–H groups in total. The molecule has 1 heterocycles. The van der Waals surface area contributed by atoms with E-state index in [0.717, 1.165) is 28.0 Å². The van der Waals surface area contributed by atoms with Gasteiger partial charge in [0.1, 0.15) is 0 Å². The molecule has 140 valence electrons. The van der Waals surface area contributed by atoms with Crippen LogP contribution in [0.5, 0.6) is 0 Å². The fourth-order valence-corrected chi connectivity index (χ4v) is 4.12. The number of aromatic nitrogens is 3. The molecule has 0 bridgehead atoms. The first-order valence-corrected chi connectivity index (χ1v) is 10.4. The first-order chi connectivity index (χ1) is 13.6. The van der Waals surface area contributed by atoms with Crippen LogP contribution in [0.15, 0.2) is 78.0 Å². The van der Waals surface area contributed by atoms with Crippen molar-refractivity contribution in [3.63, 3.8) is 0 Å². The van der Waals surface area contributed by atoms with Gasteiger partial charge in [-0.2, -0.15) is 0 Å². The Morgan fingerprint density at radius 2 is 1.57 bits per heavy atom. The number of thioether (sulfide) groups is 1. The molecule has 0 aliphatic rings. The Bertz CT molecular complexity index is 1100. The molecule has 3 aromatic carbocycles. The minimum atomic E-state index is 0.708. The lowest BCUT2D eigenvalue weighted by Gasteiger charge is -2.11. The van der Waals surface area contributed by atoms with Crippen molar-refractivity contribution >= 4 is 23.4 Å². The summed E-state index contributed by atoms with van der Waals surface area (Å²) in [7, 11) is 0. The predicted molar refractivity (Wildman–Crippen MR) is 117 cm³/mol. The van der Waals surface area contributed by atoms with Gasteiger partial charge in [-0.25, -0.2) is 0 Å². The molecule has 0 aliphatic carbocycles. The minimum absolute atomic E-state index is 0.708. The van der Waals surface area contributed by atoms with E-state index in [4.69, 9.17) is 11.6 Å². The number of benzene rings is 3. The van der Waals surface area contributed by atoms with Crippen LogP contribution in [-0.2, 0) is 5.75 Å². The second-order valence-electron chi connectivity index (χ2n) is 6.77. The van der Waals surface area contributed by atoms with E-state index < -0.39 is 0 Å². The minimum Gasteiger partial charge on any atom is -0.270 e. The van der Waals surface area contributed by atoms with Gasteiger partial charge in [0.05, 0.1) is 0 Å². The monoisotopic (exact) mass is 405 g/mol. The maximum Gasteiger partial charge on any atom is 0.196 e. The van der Waals surface area contributed by atoms with Gasteiger partial charge >= 0.3 is 0 Å². The van der Waals surface area contributed by atoms with Gasteiger partial charge in [0.15, 0.2) is 11.0 Å². The molecule has 28 heavy (non-hydrogen) atoms. The third-order valence-electron chi connectivity index (χ3n) is 4.45. The zero-order chi connectivity index (χ0) is 19.5. The molecule has 0 saturated carbocycles. The van der Waals surface area contributed by atoms with E-state index in [1.165, 1.54) is 16.7 Å². The molecule has 1 aromatic heterocycles. The second kappa shape index (κ2) is 8.21. The fraction of sp³-hybridized carbons (Fsp3) is 0.130. The standard InChI is InChI=1S/C23H20ClN3S/c1-16-5-3-7-18(13-16)15-28-23-26-25-22(19-9-11-20(24)12-10-19)27(23)21-8-4-6-17(2)14-21/h3-14H,15H2,1-2H3. The smallest absolute Gasteiger partial charge is 0.196 e. The molecule has 4 rings (SSSR count). The van der Waals surface area contributed by atoms with Gasteiger partial charge in [-0.05, 0) is 61.4 Å². The van der Waals surface area contributed by atoms with Gasteiger partial charge in [-0.1, -0.05) is 65.3 Å². The molecule has 0 saturated heterocycles. The van der Waals surface area contributed by atoms with Crippen molar-refractivity contribution in [2.45, 2.75) is 24.8 Å².